The molecule has 1 aliphatic heterocycles. The molecule has 6 rings (SSSR count). The second-order valence-corrected chi connectivity index (χ2v) is 14.9. The van der Waals surface area contributed by atoms with Gasteiger partial charge in [0.15, 0.2) is 6.29 Å². The Morgan fingerprint density at radius 2 is 1.63 bits per heavy atom. The van der Waals surface area contributed by atoms with Crippen LogP contribution in [0.1, 0.15) is 91.9 Å². The average molecular weight is 531 g/mol. The van der Waals surface area contributed by atoms with E-state index in [9.17, 15) is 15.0 Å². The van der Waals surface area contributed by atoms with Crippen molar-refractivity contribution >= 4 is 5.97 Å². The van der Waals surface area contributed by atoms with E-state index in [1.165, 1.54) is 20.0 Å². The number of carbonyl (C=O) groups excluding carboxylic acids is 1. The number of hydrogen-bond donors (Lipinski definition) is 2. The van der Waals surface area contributed by atoms with Crippen molar-refractivity contribution in [3.63, 3.8) is 0 Å². The van der Waals surface area contributed by atoms with Crippen LogP contribution in [0.2, 0.25) is 0 Å². The number of hydrogen-bond acceptors (Lipinski definition) is 6. The maximum Gasteiger partial charge on any atom is 0.314 e. The quantitative estimate of drug-likeness (QED) is 0.381. The predicted octanol–water partition coefficient (Wildman–Crippen LogP) is 5.25. The summed E-state index contributed by atoms with van der Waals surface area (Å²) in [7, 11) is 3.22. The van der Waals surface area contributed by atoms with Crippen LogP contribution in [0, 0.1) is 50.7 Å². The van der Waals surface area contributed by atoms with Crippen LogP contribution >= 0.6 is 0 Å². The molecule has 0 aromatic carbocycles. The van der Waals surface area contributed by atoms with E-state index in [1.807, 2.05) is 6.92 Å². The normalized spacial score (nSPS) is 57.2. The molecular formula is C32H50O6. The number of esters is 1. The smallest absolute Gasteiger partial charge is 0.314 e. The monoisotopic (exact) mass is 530 g/mol. The van der Waals surface area contributed by atoms with Crippen LogP contribution in [-0.2, 0) is 19.0 Å². The molecule has 0 bridgehead atoms. The number of aliphatic hydroxyl groups excluding tert-OH is 2. The lowest BCUT2D eigenvalue weighted by Gasteiger charge is -2.64. The van der Waals surface area contributed by atoms with Gasteiger partial charge in [-0.25, -0.2) is 0 Å². The highest BCUT2D eigenvalue weighted by Gasteiger charge is 2.85. The van der Waals surface area contributed by atoms with Gasteiger partial charge in [0.25, 0.3) is 0 Å². The minimum atomic E-state index is -0.951. The van der Waals surface area contributed by atoms with Gasteiger partial charge in [0, 0.05) is 24.9 Å². The van der Waals surface area contributed by atoms with Crippen molar-refractivity contribution in [3.05, 3.63) is 12.2 Å². The van der Waals surface area contributed by atoms with Crippen LogP contribution in [0.5, 0.6) is 0 Å². The largest absolute Gasteiger partial charge is 0.469 e. The number of carbonyl (C=O) groups is 1. The Hall–Kier alpha value is -0.950. The van der Waals surface area contributed by atoms with E-state index >= 15 is 0 Å². The predicted molar refractivity (Wildman–Crippen MR) is 144 cm³/mol. The minimum Gasteiger partial charge on any atom is -0.469 e. The lowest BCUT2D eigenvalue weighted by Crippen LogP contribution is -2.63. The van der Waals surface area contributed by atoms with E-state index < -0.39 is 17.6 Å². The van der Waals surface area contributed by atoms with Crippen molar-refractivity contribution in [3.8, 4) is 0 Å². The van der Waals surface area contributed by atoms with E-state index in [0.717, 1.165) is 50.5 Å². The third-order valence-corrected chi connectivity index (χ3v) is 14.2. The molecule has 2 spiro atoms. The number of methoxy groups -OCH3 is 2. The Kier molecular flexibility index (Phi) is 6.11. The molecule has 13 atom stereocenters. The molecule has 214 valence electrons. The van der Waals surface area contributed by atoms with E-state index in [-0.39, 0.29) is 52.4 Å². The van der Waals surface area contributed by atoms with E-state index in [2.05, 4.69) is 27.4 Å². The summed E-state index contributed by atoms with van der Waals surface area (Å²) in [6, 6.07) is 0. The second kappa shape index (κ2) is 8.53. The van der Waals surface area contributed by atoms with Gasteiger partial charge in [-0.15, -0.1) is 0 Å². The van der Waals surface area contributed by atoms with Crippen LogP contribution in [0.25, 0.3) is 0 Å². The molecular weight excluding hydrogens is 480 g/mol. The van der Waals surface area contributed by atoms with Crippen LogP contribution in [0.3, 0.4) is 0 Å². The number of rotatable bonds is 4. The summed E-state index contributed by atoms with van der Waals surface area (Å²) >= 11 is 0. The molecule has 0 aromatic rings. The topological polar surface area (TPSA) is 85.2 Å². The van der Waals surface area contributed by atoms with Crippen LogP contribution < -0.4 is 0 Å². The Balaban J connectivity index is 1.32. The summed E-state index contributed by atoms with van der Waals surface area (Å²) in [5.74, 6) is 1.11. The molecule has 1 heterocycles. The van der Waals surface area contributed by atoms with Crippen molar-refractivity contribution < 1.29 is 29.2 Å². The summed E-state index contributed by atoms with van der Waals surface area (Å²) in [6.45, 7) is 13.2. The zero-order chi connectivity index (χ0) is 27.5. The maximum atomic E-state index is 13.1. The van der Waals surface area contributed by atoms with Crippen molar-refractivity contribution in [1.29, 1.82) is 0 Å². The van der Waals surface area contributed by atoms with Crippen molar-refractivity contribution in [1.82, 2.24) is 0 Å². The van der Waals surface area contributed by atoms with E-state index in [1.54, 1.807) is 7.11 Å². The number of aliphatic hydroxyl groups is 2. The summed E-state index contributed by atoms with van der Waals surface area (Å²) in [5.41, 5.74) is 0.267. The Morgan fingerprint density at radius 1 is 0.921 bits per heavy atom. The zero-order valence-electron chi connectivity index (χ0n) is 24.4. The van der Waals surface area contributed by atoms with Crippen molar-refractivity contribution in [2.24, 2.45) is 50.7 Å². The highest BCUT2D eigenvalue weighted by Crippen LogP contribution is 2.89. The first-order chi connectivity index (χ1) is 17.9. The van der Waals surface area contributed by atoms with Gasteiger partial charge in [-0.3, -0.25) is 4.79 Å². The minimum absolute atomic E-state index is 0.0358. The highest BCUT2D eigenvalue weighted by atomic mass is 16.7. The molecule has 38 heavy (non-hydrogen) atoms. The third kappa shape index (κ3) is 3.02. The Bertz CT molecular complexity index is 1010. The first-order valence-electron chi connectivity index (χ1n) is 15.2. The molecule has 6 fully saturated rings. The van der Waals surface area contributed by atoms with Gasteiger partial charge in [-0.05, 0) is 106 Å². The van der Waals surface area contributed by atoms with E-state index in [0.29, 0.717) is 17.8 Å². The summed E-state index contributed by atoms with van der Waals surface area (Å²) in [4.78, 5) is 13.1. The van der Waals surface area contributed by atoms with Gasteiger partial charge in [0.2, 0.25) is 0 Å². The molecule has 6 nitrogen and oxygen atoms in total. The SMILES string of the molecule is C=C(C)[C@H]1CC[C@H]([C@H]2CC[C@@]3(C)[C@@H]4CC[C@H]5[C@](C)(C(=O)OC)[C@@H](O)C[C@H](O)[C@@]56C[C@@]46CC[C@]23C)[C@@H](OC)O1. The molecule has 5 aliphatic carbocycles. The molecule has 0 unspecified atom stereocenters. The van der Waals surface area contributed by atoms with Gasteiger partial charge in [-0.2, -0.15) is 0 Å². The van der Waals surface area contributed by atoms with Gasteiger partial charge >= 0.3 is 5.97 Å². The first-order valence-corrected chi connectivity index (χ1v) is 15.2. The van der Waals surface area contributed by atoms with Crippen LogP contribution in [-0.4, -0.2) is 55.0 Å². The zero-order valence-corrected chi connectivity index (χ0v) is 24.4. The van der Waals surface area contributed by atoms with Gasteiger partial charge in [-0.1, -0.05) is 26.0 Å². The molecule has 0 amide bonds. The standard InChI is InChI=1S/C32H50O6/c1-18(2)21-9-8-19(26(36-6)38-21)20-12-13-29(4)22-10-11-23-30(5,27(35)37-7)24(33)16-25(34)32(23)17-31(22,32)15-14-28(20,29)3/h19-26,33-34H,1,8-17H2,2-7H3/t19-,20-,21-,22+,23+,24+,25+,26+,28-,29+,30+,31+,32-/m1/s1. The fraction of sp³-hybridized carbons (Fsp3) is 0.906. The maximum absolute atomic E-state index is 13.1. The molecule has 2 N–H and O–H groups in total. The molecule has 6 heteroatoms. The summed E-state index contributed by atoms with van der Waals surface area (Å²) in [6.07, 6.45) is 8.42. The molecule has 0 radical (unpaired) electrons. The molecule has 6 aliphatic rings. The fourth-order valence-corrected chi connectivity index (χ4v) is 12.1. The van der Waals surface area contributed by atoms with Crippen molar-refractivity contribution in [2.75, 3.05) is 14.2 Å². The average Bonchev–Trinajstić information content (AvgIpc) is 3.51. The number of fused-ring (bicyclic) bond motifs is 2. The molecule has 0 aromatic heterocycles. The van der Waals surface area contributed by atoms with Crippen LogP contribution in [0.4, 0.5) is 0 Å². The van der Waals surface area contributed by atoms with E-state index in [4.69, 9.17) is 14.2 Å². The Morgan fingerprint density at radius 3 is 2.29 bits per heavy atom. The van der Waals surface area contributed by atoms with Gasteiger partial charge in [0.05, 0.1) is 30.8 Å². The lowest BCUT2D eigenvalue weighted by atomic mass is 9.41. The van der Waals surface area contributed by atoms with Gasteiger partial charge in [0.1, 0.15) is 0 Å². The molecule has 1 saturated heterocycles. The van der Waals surface area contributed by atoms with Crippen LogP contribution in [0.15, 0.2) is 12.2 Å². The summed E-state index contributed by atoms with van der Waals surface area (Å²) < 4.78 is 17.7. The lowest BCUT2D eigenvalue weighted by molar-refractivity contribution is -0.232. The number of ether oxygens (including phenoxy) is 3. The second-order valence-electron chi connectivity index (χ2n) is 14.9. The van der Waals surface area contributed by atoms with Crippen molar-refractivity contribution in [2.45, 2.75) is 117 Å². The molecule has 5 saturated carbocycles. The summed E-state index contributed by atoms with van der Waals surface area (Å²) in [5, 5.41) is 22.7. The fourth-order valence-electron chi connectivity index (χ4n) is 12.1. The first kappa shape index (κ1) is 27.2. The third-order valence-electron chi connectivity index (χ3n) is 14.2. The van der Waals surface area contributed by atoms with Gasteiger partial charge < -0.3 is 24.4 Å². The highest BCUT2D eigenvalue weighted by molar-refractivity contribution is 5.78. The Labute approximate surface area is 228 Å².